The van der Waals surface area contributed by atoms with E-state index in [9.17, 15) is 4.79 Å². The van der Waals surface area contributed by atoms with Gasteiger partial charge in [-0.15, -0.1) is 0 Å². The Bertz CT molecular complexity index is 1100. The molecule has 2 heterocycles. The zero-order chi connectivity index (χ0) is 16.0. The molecule has 0 bridgehead atoms. The Balaban J connectivity index is 2.30. The molecule has 23 heavy (non-hydrogen) atoms. The number of aromatic nitrogens is 2. The number of hydrogen-bond donors (Lipinski definition) is 0. The number of rotatable bonds is 1. The van der Waals surface area contributed by atoms with Crippen molar-refractivity contribution in [1.82, 2.24) is 9.55 Å². The summed E-state index contributed by atoms with van der Waals surface area (Å²) >= 11 is 0. The van der Waals surface area contributed by atoms with Crippen molar-refractivity contribution in [3.63, 3.8) is 0 Å². The summed E-state index contributed by atoms with van der Waals surface area (Å²) in [4.78, 5) is 17.4. The molecule has 3 heteroatoms. The monoisotopic (exact) mass is 300 g/mol. The Morgan fingerprint density at radius 2 is 1.52 bits per heavy atom. The quantitative estimate of drug-likeness (QED) is 0.495. The third-order valence-corrected chi connectivity index (χ3v) is 4.38. The van der Waals surface area contributed by atoms with E-state index >= 15 is 0 Å². The lowest BCUT2D eigenvalue weighted by atomic mass is 10.0. The molecule has 0 amide bonds. The van der Waals surface area contributed by atoms with E-state index in [2.05, 4.69) is 31.0 Å². The molecule has 0 aliphatic rings. The number of benzene rings is 2. The van der Waals surface area contributed by atoms with E-state index in [0.29, 0.717) is 11.2 Å². The summed E-state index contributed by atoms with van der Waals surface area (Å²) < 4.78 is 1.71. The van der Waals surface area contributed by atoms with Crippen molar-refractivity contribution in [2.24, 2.45) is 0 Å². The van der Waals surface area contributed by atoms with Crippen molar-refractivity contribution in [2.45, 2.75) is 13.8 Å². The molecule has 4 rings (SSSR count). The Morgan fingerprint density at radius 1 is 0.826 bits per heavy atom. The van der Waals surface area contributed by atoms with Gasteiger partial charge in [0.05, 0.1) is 5.52 Å². The second-order valence-electron chi connectivity index (χ2n) is 5.83. The van der Waals surface area contributed by atoms with E-state index < -0.39 is 0 Å². The van der Waals surface area contributed by atoms with Gasteiger partial charge in [0.2, 0.25) is 0 Å². The molecule has 0 saturated carbocycles. The fourth-order valence-electron chi connectivity index (χ4n) is 3.05. The molecule has 0 unspecified atom stereocenters. The summed E-state index contributed by atoms with van der Waals surface area (Å²) in [7, 11) is 0. The maximum Gasteiger partial charge on any atom is 0.264 e. The van der Waals surface area contributed by atoms with Crippen LogP contribution in [0.25, 0.3) is 27.5 Å². The highest BCUT2D eigenvalue weighted by Crippen LogP contribution is 2.27. The summed E-state index contributed by atoms with van der Waals surface area (Å²) in [6.45, 7) is 4.16. The SMILES string of the molecule is Cc1cc2c3ccccc3c(=O)n(-c3ccccn3)c2cc1C. The van der Waals surface area contributed by atoms with Gasteiger partial charge in [0.25, 0.3) is 5.56 Å². The lowest BCUT2D eigenvalue weighted by Gasteiger charge is -2.14. The minimum atomic E-state index is -0.0324. The molecule has 0 aliphatic heterocycles. The van der Waals surface area contributed by atoms with Crippen LogP contribution in [-0.4, -0.2) is 9.55 Å². The van der Waals surface area contributed by atoms with Crippen molar-refractivity contribution in [2.75, 3.05) is 0 Å². The molecule has 0 saturated heterocycles. The standard InChI is InChI=1S/C20H16N2O/c1-13-11-17-15-7-3-4-8-16(15)20(23)22(18(17)12-14(13)2)19-9-5-6-10-21-19/h3-12H,1-2H3. The predicted octanol–water partition coefficient (Wildman–Crippen LogP) is 4.16. The topological polar surface area (TPSA) is 34.9 Å². The first-order valence-electron chi connectivity index (χ1n) is 7.63. The smallest absolute Gasteiger partial charge is 0.264 e. The average Bonchev–Trinajstić information content (AvgIpc) is 2.58. The minimum Gasteiger partial charge on any atom is -0.268 e. The van der Waals surface area contributed by atoms with E-state index in [1.165, 1.54) is 5.56 Å². The van der Waals surface area contributed by atoms with Crippen molar-refractivity contribution in [1.29, 1.82) is 0 Å². The van der Waals surface area contributed by atoms with Gasteiger partial charge in [-0.3, -0.25) is 9.36 Å². The Kier molecular flexibility index (Phi) is 3.01. The van der Waals surface area contributed by atoms with Gasteiger partial charge in [0, 0.05) is 17.0 Å². The van der Waals surface area contributed by atoms with E-state index in [1.54, 1.807) is 10.8 Å². The van der Waals surface area contributed by atoms with E-state index in [1.807, 2.05) is 42.5 Å². The largest absolute Gasteiger partial charge is 0.268 e. The summed E-state index contributed by atoms with van der Waals surface area (Å²) in [5.74, 6) is 0.650. The Morgan fingerprint density at radius 3 is 2.26 bits per heavy atom. The molecule has 112 valence electrons. The molecule has 2 aromatic carbocycles. The van der Waals surface area contributed by atoms with Gasteiger partial charge in [0.15, 0.2) is 0 Å². The third kappa shape index (κ3) is 2.05. The highest BCUT2D eigenvalue weighted by atomic mass is 16.1. The molecule has 4 aromatic rings. The van der Waals surface area contributed by atoms with Crippen LogP contribution < -0.4 is 5.56 Å². The first-order valence-corrected chi connectivity index (χ1v) is 7.63. The van der Waals surface area contributed by atoms with Crippen LogP contribution in [0.1, 0.15) is 11.1 Å². The van der Waals surface area contributed by atoms with Gasteiger partial charge < -0.3 is 0 Å². The van der Waals surface area contributed by atoms with Crippen molar-refractivity contribution < 1.29 is 0 Å². The van der Waals surface area contributed by atoms with Gasteiger partial charge in [0.1, 0.15) is 5.82 Å². The molecule has 2 aromatic heterocycles. The summed E-state index contributed by atoms with van der Waals surface area (Å²) in [5, 5.41) is 2.78. The van der Waals surface area contributed by atoms with E-state index in [0.717, 1.165) is 21.9 Å². The molecule has 0 radical (unpaired) electrons. The van der Waals surface area contributed by atoms with Crippen LogP contribution >= 0.6 is 0 Å². The first-order chi connectivity index (χ1) is 11.2. The lowest BCUT2D eigenvalue weighted by Crippen LogP contribution is -2.20. The van der Waals surface area contributed by atoms with Crippen LogP contribution in [0, 0.1) is 13.8 Å². The van der Waals surface area contributed by atoms with Gasteiger partial charge in [-0.25, -0.2) is 4.98 Å². The van der Waals surface area contributed by atoms with E-state index in [4.69, 9.17) is 0 Å². The van der Waals surface area contributed by atoms with E-state index in [-0.39, 0.29) is 5.56 Å². The van der Waals surface area contributed by atoms with Crippen molar-refractivity contribution in [3.05, 3.63) is 82.3 Å². The van der Waals surface area contributed by atoms with Gasteiger partial charge in [-0.1, -0.05) is 24.3 Å². The zero-order valence-corrected chi connectivity index (χ0v) is 13.1. The van der Waals surface area contributed by atoms with Crippen LogP contribution in [0.15, 0.2) is 65.6 Å². The fraction of sp³-hybridized carbons (Fsp3) is 0.100. The Hall–Kier alpha value is -2.94. The van der Waals surface area contributed by atoms with Crippen LogP contribution in [0.3, 0.4) is 0 Å². The lowest BCUT2D eigenvalue weighted by molar-refractivity contribution is 0.995. The first kappa shape index (κ1) is 13.7. The predicted molar refractivity (Wildman–Crippen MR) is 94.3 cm³/mol. The molecule has 0 spiro atoms. The maximum atomic E-state index is 13.1. The average molecular weight is 300 g/mol. The summed E-state index contributed by atoms with van der Waals surface area (Å²) in [6, 6.07) is 17.6. The highest BCUT2D eigenvalue weighted by molar-refractivity contribution is 6.06. The number of pyridine rings is 2. The van der Waals surface area contributed by atoms with Gasteiger partial charge in [-0.2, -0.15) is 0 Å². The number of nitrogens with zero attached hydrogens (tertiary/aromatic N) is 2. The molecule has 0 N–H and O–H groups in total. The Labute approximate surface area is 133 Å². The van der Waals surface area contributed by atoms with Crippen molar-refractivity contribution >= 4 is 21.7 Å². The molecular formula is C20H16N2O. The number of aryl methyl sites for hydroxylation is 2. The van der Waals surface area contributed by atoms with Crippen LogP contribution in [0.5, 0.6) is 0 Å². The third-order valence-electron chi connectivity index (χ3n) is 4.38. The van der Waals surface area contributed by atoms with Crippen molar-refractivity contribution in [3.8, 4) is 5.82 Å². The molecular weight excluding hydrogens is 284 g/mol. The second-order valence-corrected chi connectivity index (χ2v) is 5.83. The normalized spacial score (nSPS) is 11.2. The second kappa shape index (κ2) is 5.06. The molecule has 0 atom stereocenters. The van der Waals surface area contributed by atoms with Gasteiger partial charge >= 0.3 is 0 Å². The molecule has 0 fully saturated rings. The molecule has 3 nitrogen and oxygen atoms in total. The molecule has 0 aliphatic carbocycles. The zero-order valence-electron chi connectivity index (χ0n) is 13.1. The number of hydrogen-bond acceptors (Lipinski definition) is 2. The maximum absolute atomic E-state index is 13.1. The van der Waals surface area contributed by atoms with Crippen LogP contribution in [0.4, 0.5) is 0 Å². The highest BCUT2D eigenvalue weighted by Gasteiger charge is 2.13. The minimum absolute atomic E-state index is 0.0324. The fourth-order valence-corrected chi connectivity index (χ4v) is 3.05. The van der Waals surface area contributed by atoms with Crippen LogP contribution in [0.2, 0.25) is 0 Å². The van der Waals surface area contributed by atoms with Gasteiger partial charge in [-0.05, 0) is 60.7 Å². The number of fused-ring (bicyclic) bond motifs is 3. The summed E-state index contributed by atoms with van der Waals surface area (Å²) in [6.07, 6.45) is 1.71. The van der Waals surface area contributed by atoms with Crippen LogP contribution in [-0.2, 0) is 0 Å². The summed E-state index contributed by atoms with van der Waals surface area (Å²) in [5.41, 5.74) is 3.25.